The molecule has 0 aliphatic carbocycles. The topological polar surface area (TPSA) is 94.8 Å². The van der Waals surface area contributed by atoms with Crippen molar-refractivity contribution < 1.29 is 9.13 Å². The van der Waals surface area contributed by atoms with Crippen LogP contribution in [0.4, 0.5) is 4.39 Å². The lowest BCUT2D eigenvalue weighted by atomic mass is 10.1. The molecule has 0 aliphatic heterocycles. The van der Waals surface area contributed by atoms with Crippen LogP contribution in [0.1, 0.15) is 16.7 Å². The van der Waals surface area contributed by atoms with Gasteiger partial charge >= 0.3 is 5.69 Å². The van der Waals surface area contributed by atoms with Gasteiger partial charge in [-0.15, -0.1) is 0 Å². The number of fused-ring (bicyclic) bond motifs is 1. The van der Waals surface area contributed by atoms with Gasteiger partial charge in [0.05, 0.1) is 43.8 Å². The van der Waals surface area contributed by atoms with Gasteiger partial charge in [0.2, 0.25) is 0 Å². The SMILES string of the molecule is COc1ccc(Cn2c(=O)c3c(ncn3Cc3ccccc3C#N)n(-c3ccc(F)cc3)c2=O)cc1. The number of hydrogen-bond acceptors (Lipinski definition) is 5. The third-order valence-corrected chi connectivity index (χ3v) is 5.96. The number of imidazole rings is 1. The van der Waals surface area contributed by atoms with Crippen molar-refractivity contribution in [3.05, 3.63) is 122 Å². The standard InChI is InChI=1S/C27H20FN5O3/c1-36-23-12-6-18(7-13-23)15-32-26(34)24-25(33(27(32)35)22-10-8-21(28)9-11-22)30-17-31(24)16-20-5-3-2-4-19(20)14-29/h2-13,17H,15-16H2,1H3. The van der Waals surface area contributed by atoms with Crippen molar-refractivity contribution in [3.63, 3.8) is 0 Å². The molecule has 0 saturated carbocycles. The first-order chi connectivity index (χ1) is 17.5. The van der Waals surface area contributed by atoms with E-state index in [4.69, 9.17) is 4.74 Å². The van der Waals surface area contributed by atoms with E-state index in [9.17, 15) is 19.2 Å². The summed E-state index contributed by atoms with van der Waals surface area (Å²) in [5.74, 6) is 0.202. The van der Waals surface area contributed by atoms with E-state index in [-0.39, 0.29) is 24.3 Å². The molecule has 0 spiro atoms. The lowest BCUT2D eigenvalue weighted by molar-refractivity contribution is 0.414. The maximum absolute atomic E-state index is 13.7. The van der Waals surface area contributed by atoms with Gasteiger partial charge in [-0.05, 0) is 53.6 Å². The Hall–Kier alpha value is -4.97. The van der Waals surface area contributed by atoms with Gasteiger partial charge in [-0.3, -0.25) is 9.36 Å². The summed E-state index contributed by atoms with van der Waals surface area (Å²) < 4.78 is 22.9. The molecule has 36 heavy (non-hydrogen) atoms. The fourth-order valence-corrected chi connectivity index (χ4v) is 4.13. The van der Waals surface area contributed by atoms with Crippen LogP contribution < -0.4 is 16.0 Å². The van der Waals surface area contributed by atoms with Crippen LogP contribution in [0.15, 0.2) is 88.7 Å². The molecule has 0 radical (unpaired) electrons. The Bertz CT molecular complexity index is 1730. The number of halogens is 1. The maximum Gasteiger partial charge on any atom is 0.337 e. The second kappa shape index (κ2) is 9.35. The summed E-state index contributed by atoms with van der Waals surface area (Å²) in [5, 5.41) is 9.49. The number of methoxy groups -OCH3 is 1. The molecule has 5 rings (SSSR count). The van der Waals surface area contributed by atoms with E-state index in [1.54, 1.807) is 54.1 Å². The Morgan fingerprint density at radius 3 is 2.39 bits per heavy atom. The fraction of sp³-hybridized carbons (Fsp3) is 0.111. The van der Waals surface area contributed by atoms with Crippen LogP contribution in [0.5, 0.6) is 5.75 Å². The second-order valence-electron chi connectivity index (χ2n) is 8.15. The van der Waals surface area contributed by atoms with Crippen molar-refractivity contribution >= 4 is 11.2 Å². The predicted octanol–water partition coefficient (Wildman–Crippen LogP) is 3.46. The highest BCUT2D eigenvalue weighted by atomic mass is 19.1. The molecule has 178 valence electrons. The number of ether oxygens (including phenoxy) is 1. The quantitative estimate of drug-likeness (QED) is 0.370. The Morgan fingerprint density at radius 1 is 0.972 bits per heavy atom. The van der Waals surface area contributed by atoms with Crippen LogP contribution in [0.25, 0.3) is 16.9 Å². The van der Waals surface area contributed by atoms with Crippen molar-refractivity contribution in [2.45, 2.75) is 13.1 Å². The molecule has 2 aromatic heterocycles. The number of nitrogens with zero attached hydrogens (tertiary/aromatic N) is 5. The third-order valence-electron chi connectivity index (χ3n) is 5.96. The summed E-state index contributed by atoms with van der Waals surface area (Å²) in [6.45, 7) is 0.221. The van der Waals surface area contributed by atoms with E-state index in [1.807, 2.05) is 6.07 Å². The van der Waals surface area contributed by atoms with Gasteiger partial charge in [0.1, 0.15) is 11.6 Å². The first kappa shape index (κ1) is 22.8. The average Bonchev–Trinajstić information content (AvgIpc) is 3.31. The van der Waals surface area contributed by atoms with Crippen LogP contribution in [0.2, 0.25) is 0 Å². The second-order valence-corrected chi connectivity index (χ2v) is 8.15. The normalized spacial score (nSPS) is 10.9. The van der Waals surface area contributed by atoms with Gasteiger partial charge in [-0.25, -0.2) is 18.7 Å². The molecule has 9 heteroatoms. The first-order valence-corrected chi connectivity index (χ1v) is 11.1. The van der Waals surface area contributed by atoms with Crippen molar-refractivity contribution in [2.24, 2.45) is 0 Å². The predicted molar refractivity (Wildman–Crippen MR) is 132 cm³/mol. The minimum atomic E-state index is -0.599. The summed E-state index contributed by atoms with van der Waals surface area (Å²) in [4.78, 5) is 31.7. The third kappa shape index (κ3) is 4.05. The summed E-state index contributed by atoms with van der Waals surface area (Å²) >= 11 is 0. The molecule has 0 aliphatic rings. The zero-order valence-corrected chi connectivity index (χ0v) is 19.3. The molecule has 5 aromatic rings. The molecule has 2 heterocycles. The molecule has 0 N–H and O–H groups in total. The highest BCUT2D eigenvalue weighted by Crippen LogP contribution is 2.17. The Morgan fingerprint density at radius 2 is 1.69 bits per heavy atom. The number of rotatable bonds is 6. The number of aromatic nitrogens is 4. The summed E-state index contributed by atoms with van der Waals surface area (Å²) in [6.07, 6.45) is 1.47. The average molecular weight is 481 g/mol. The Labute approximate surface area is 204 Å². The first-order valence-electron chi connectivity index (χ1n) is 11.1. The lowest BCUT2D eigenvalue weighted by Crippen LogP contribution is -2.40. The van der Waals surface area contributed by atoms with Gasteiger partial charge in [0.25, 0.3) is 5.56 Å². The highest BCUT2D eigenvalue weighted by Gasteiger charge is 2.20. The molecule has 0 unspecified atom stereocenters. The van der Waals surface area contributed by atoms with Crippen LogP contribution in [-0.2, 0) is 13.1 Å². The summed E-state index contributed by atoms with van der Waals surface area (Å²) in [7, 11) is 1.56. The highest BCUT2D eigenvalue weighted by molar-refractivity contribution is 5.72. The lowest BCUT2D eigenvalue weighted by Gasteiger charge is -2.13. The van der Waals surface area contributed by atoms with E-state index in [0.717, 1.165) is 10.1 Å². The van der Waals surface area contributed by atoms with Crippen LogP contribution in [0.3, 0.4) is 0 Å². The Kier molecular flexibility index (Phi) is 5.92. The zero-order valence-electron chi connectivity index (χ0n) is 19.3. The van der Waals surface area contributed by atoms with Crippen molar-refractivity contribution in [1.82, 2.24) is 18.7 Å². The largest absolute Gasteiger partial charge is 0.497 e. The summed E-state index contributed by atoms with van der Waals surface area (Å²) in [6, 6.07) is 21.7. The van der Waals surface area contributed by atoms with Gasteiger partial charge < -0.3 is 9.30 Å². The maximum atomic E-state index is 13.7. The molecule has 0 saturated heterocycles. The molecular weight excluding hydrogens is 461 g/mol. The van der Waals surface area contributed by atoms with Crippen LogP contribution in [-0.4, -0.2) is 25.8 Å². The van der Waals surface area contributed by atoms with Gasteiger partial charge in [-0.1, -0.05) is 30.3 Å². The summed E-state index contributed by atoms with van der Waals surface area (Å²) in [5.41, 5.74) is 1.51. The van der Waals surface area contributed by atoms with E-state index in [0.29, 0.717) is 22.6 Å². The zero-order chi connectivity index (χ0) is 25.2. The molecule has 0 fully saturated rings. The van der Waals surface area contributed by atoms with E-state index in [1.165, 1.54) is 35.2 Å². The molecule has 0 bridgehead atoms. The van der Waals surface area contributed by atoms with E-state index < -0.39 is 17.1 Å². The van der Waals surface area contributed by atoms with Crippen molar-refractivity contribution in [3.8, 4) is 17.5 Å². The number of benzene rings is 3. The fourth-order valence-electron chi connectivity index (χ4n) is 4.13. The molecule has 0 atom stereocenters. The van der Waals surface area contributed by atoms with Crippen LogP contribution in [0, 0.1) is 17.1 Å². The van der Waals surface area contributed by atoms with Crippen molar-refractivity contribution in [2.75, 3.05) is 7.11 Å². The molecular formula is C27H20FN5O3. The van der Waals surface area contributed by atoms with E-state index >= 15 is 0 Å². The van der Waals surface area contributed by atoms with Gasteiger partial charge in [0, 0.05) is 0 Å². The minimum absolute atomic E-state index is 0.0127. The number of hydrogen-bond donors (Lipinski definition) is 0. The van der Waals surface area contributed by atoms with Crippen molar-refractivity contribution in [1.29, 1.82) is 5.26 Å². The number of nitriles is 1. The molecule has 0 amide bonds. The smallest absolute Gasteiger partial charge is 0.337 e. The van der Waals surface area contributed by atoms with Crippen LogP contribution >= 0.6 is 0 Å². The van der Waals surface area contributed by atoms with Gasteiger partial charge in [0.15, 0.2) is 11.2 Å². The van der Waals surface area contributed by atoms with Gasteiger partial charge in [-0.2, -0.15) is 5.26 Å². The molecule has 8 nitrogen and oxygen atoms in total. The molecule has 3 aromatic carbocycles. The minimum Gasteiger partial charge on any atom is -0.497 e. The monoisotopic (exact) mass is 481 g/mol. The Balaban J connectivity index is 1.73. The van der Waals surface area contributed by atoms with E-state index in [2.05, 4.69) is 11.1 Å².